The molecule has 0 heterocycles. The van der Waals surface area contributed by atoms with Crippen molar-refractivity contribution in [3.63, 3.8) is 0 Å². The summed E-state index contributed by atoms with van der Waals surface area (Å²) in [4.78, 5) is 0. The zero-order valence-electron chi connectivity index (χ0n) is 21.1. The Bertz CT molecular complexity index is 1090. The van der Waals surface area contributed by atoms with E-state index in [4.69, 9.17) is 0 Å². The Morgan fingerprint density at radius 1 is 0.706 bits per heavy atom. The molecule has 0 saturated heterocycles. The van der Waals surface area contributed by atoms with Gasteiger partial charge in [0, 0.05) is 0 Å². The maximum absolute atomic E-state index is 2.47. The molecule has 176 valence electrons. The van der Waals surface area contributed by atoms with Crippen molar-refractivity contribution in [3.05, 3.63) is 107 Å². The Balaban J connectivity index is 1.24. The smallest absolute Gasteiger partial charge is 0.0118 e. The predicted octanol–water partition coefficient (Wildman–Crippen LogP) is 9.43. The first-order valence-corrected chi connectivity index (χ1v) is 13.7. The van der Waals surface area contributed by atoms with Crippen molar-refractivity contribution in [1.82, 2.24) is 0 Å². The van der Waals surface area contributed by atoms with Crippen LogP contribution < -0.4 is 0 Å². The van der Waals surface area contributed by atoms with Gasteiger partial charge in [-0.2, -0.15) is 0 Å². The number of aryl methyl sites for hydroxylation is 2. The van der Waals surface area contributed by atoms with Crippen molar-refractivity contribution < 1.29 is 0 Å². The molecule has 3 aromatic rings. The minimum atomic E-state index is 0.663. The molecule has 0 aliphatic heterocycles. The van der Waals surface area contributed by atoms with E-state index >= 15 is 0 Å². The molecule has 0 spiro atoms. The SMILES string of the molecule is C/C=C/C1CCC(c2ccc(-c3ccc4c(c3)CCC(c3ccc(CCC)cc3)C4)cc2)CC1. The van der Waals surface area contributed by atoms with Crippen molar-refractivity contribution in [2.24, 2.45) is 5.92 Å². The molecule has 0 radical (unpaired) electrons. The summed E-state index contributed by atoms with van der Waals surface area (Å²) in [6.07, 6.45) is 16.0. The van der Waals surface area contributed by atoms with Crippen molar-refractivity contribution >= 4 is 0 Å². The van der Waals surface area contributed by atoms with Crippen LogP contribution in [-0.4, -0.2) is 0 Å². The molecule has 1 fully saturated rings. The second-order valence-corrected chi connectivity index (χ2v) is 10.7. The predicted molar refractivity (Wildman–Crippen MR) is 147 cm³/mol. The lowest BCUT2D eigenvalue weighted by molar-refractivity contribution is 0.376. The summed E-state index contributed by atoms with van der Waals surface area (Å²) >= 11 is 0. The number of fused-ring (bicyclic) bond motifs is 1. The molecule has 0 N–H and O–H groups in total. The highest BCUT2D eigenvalue weighted by molar-refractivity contribution is 5.65. The van der Waals surface area contributed by atoms with Crippen LogP contribution in [0.5, 0.6) is 0 Å². The number of hydrogen-bond acceptors (Lipinski definition) is 0. The monoisotopic (exact) mass is 448 g/mol. The molecule has 1 saturated carbocycles. The fourth-order valence-corrected chi connectivity index (χ4v) is 6.33. The minimum Gasteiger partial charge on any atom is -0.0914 e. The summed E-state index contributed by atoms with van der Waals surface area (Å²) in [6, 6.07) is 26.2. The largest absolute Gasteiger partial charge is 0.0914 e. The van der Waals surface area contributed by atoms with E-state index in [1.54, 1.807) is 11.1 Å². The lowest BCUT2D eigenvalue weighted by Crippen LogP contribution is -2.13. The Morgan fingerprint density at radius 2 is 1.38 bits per heavy atom. The third kappa shape index (κ3) is 5.22. The summed E-state index contributed by atoms with van der Waals surface area (Å²) < 4.78 is 0. The molecule has 0 heteroatoms. The van der Waals surface area contributed by atoms with E-state index in [9.17, 15) is 0 Å². The van der Waals surface area contributed by atoms with Gasteiger partial charge in [-0.15, -0.1) is 0 Å². The zero-order chi connectivity index (χ0) is 23.3. The molecule has 0 aromatic heterocycles. The molecular weight excluding hydrogens is 408 g/mol. The number of allylic oxidation sites excluding steroid dienone is 2. The quantitative estimate of drug-likeness (QED) is 0.329. The second-order valence-electron chi connectivity index (χ2n) is 10.7. The average Bonchev–Trinajstić information content (AvgIpc) is 2.89. The average molecular weight is 449 g/mol. The second kappa shape index (κ2) is 10.8. The molecule has 2 aliphatic carbocycles. The first kappa shape index (κ1) is 23.2. The van der Waals surface area contributed by atoms with Gasteiger partial charge in [0.15, 0.2) is 0 Å². The van der Waals surface area contributed by atoms with Gasteiger partial charge >= 0.3 is 0 Å². The normalized spacial score (nSPS) is 22.6. The lowest BCUT2D eigenvalue weighted by Gasteiger charge is -2.27. The molecule has 1 unspecified atom stereocenters. The summed E-state index contributed by atoms with van der Waals surface area (Å²) in [5.74, 6) is 2.21. The standard InChI is InChI=1S/C34H40/c1-3-5-25-7-11-27(12-8-25)28-15-17-30(18-16-28)32-20-22-33-23-31(19-21-34(33)24-32)29-13-9-26(6-4-2)10-14-29/h3,5,9-10,13-18,20,22,24-25,27,31H,4,6-8,11-12,19,21,23H2,1-2H3/b5-3+. The van der Waals surface area contributed by atoms with Crippen LogP contribution in [0.25, 0.3) is 11.1 Å². The summed E-state index contributed by atoms with van der Waals surface area (Å²) in [6.45, 7) is 4.40. The molecule has 34 heavy (non-hydrogen) atoms. The number of benzene rings is 3. The molecule has 0 nitrogen and oxygen atoms in total. The highest BCUT2D eigenvalue weighted by Crippen LogP contribution is 2.38. The molecule has 0 amide bonds. The Morgan fingerprint density at radius 3 is 2.09 bits per heavy atom. The fourth-order valence-electron chi connectivity index (χ4n) is 6.33. The molecular formula is C34H40. The first-order chi connectivity index (χ1) is 16.7. The van der Waals surface area contributed by atoms with E-state index in [0.717, 1.165) is 11.8 Å². The van der Waals surface area contributed by atoms with Gasteiger partial charge in [0.2, 0.25) is 0 Å². The topological polar surface area (TPSA) is 0 Å². The van der Waals surface area contributed by atoms with Crippen LogP contribution in [-0.2, 0) is 19.3 Å². The molecule has 3 aromatic carbocycles. The maximum Gasteiger partial charge on any atom is -0.0118 e. The van der Waals surface area contributed by atoms with Crippen LogP contribution in [0.4, 0.5) is 0 Å². The van der Waals surface area contributed by atoms with Crippen molar-refractivity contribution in [2.75, 3.05) is 0 Å². The van der Waals surface area contributed by atoms with Gasteiger partial charge in [-0.3, -0.25) is 0 Å². The van der Waals surface area contributed by atoms with E-state index in [-0.39, 0.29) is 0 Å². The maximum atomic E-state index is 2.47. The van der Waals surface area contributed by atoms with Gasteiger partial charge in [-0.25, -0.2) is 0 Å². The summed E-state index contributed by atoms with van der Waals surface area (Å²) in [5.41, 5.74) is 10.4. The molecule has 1 atom stereocenters. The Labute approximate surface area is 207 Å². The van der Waals surface area contributed by atoms with Crippen LogP contribution in [0.15, 0.2) is 78.9 Å². The third-order valence-electron chi connectivity index (χ3n) is 8.38. The van der Waals surface area contributed by atoms with Gasteiger partial charge in [0.1, 0.15) is 0 Å². The summed E-state index contributed by atoms with van der Waals surface area (Å²) in [7, 11) is 0. The molecule has 5 rings (SSSR count). The van der Waals surface area contributed by atoms with Crippen molar-refractivity contribution in [3.8, 4) is 11.1 Å². The van der Waals surface area contributed by atoms with Crippen molar-refractivity contribution in [1.29, 1.82) is 0 Å². The van der Waals surface area contributed by atoms with Gasteiger partial charge in [0.05, 0.1) is 0 Å². The van der Waals surface area contributed by atoms with Crippen molar-refractivity contribution in [2.45, 2.75) is 83.5 Å². The Hall–Kier alpha value is -2.60. The van der Waals surface area contributed by atoms with Crippen LogP contribution in [0.3, 0.4) is 0 Å². The van der Waals surface area contributed by atoms with Crippen LogP contribution in [0.1, 0.15) is 92.0 Å². The third-order valence-corrected chi connectivity index (χ3v) is 8.38. The zero-order valence-corrected chi connectivity index (χ0v) is 21.1. The van der Waals surface area contributed by atoms with Crippen LogP contribution in [0, 0.1) is 5.92 Å². The van der Waals surface area contributed by atoms with Gasteiger partial charge < -0.3 is 0 Å². The lowest BCUT2D eigenvalue weighted by atomic mass is 9.78. The van der Waals surface area contributed by atoms with Crippen LogP contribution >= 0.6 is 0 Å². The Kier molecular flexibility index (Phi) is 7.33. The number of rotatable bonds is 6. The highest BCUT2D eigenvalue weighted by Gasteiger charge is 2.22. The molecule has 2 aliphatic rings. The van der Waals surface area contributed by atoms with E-state index in [2.05, 4.69) is 92.7 Å². The van der Waals surface area contributed by atoms with Gasteiger partial charge in [-0.05, 0) is 115 Å². The first-order valence-electron chi connectivity index (χ1n) is 13.7. The van der Waals surface area contributed by atoms with E-state index in [1.165, 1.54) is 85.6 Å². The summed E-state index contributed by atoms with van der Waals surface area (Å²) in [5, 5.41) is 0. The molecule has 0 bridgehead atoms. The van der Waals surface area contributed by atoms with Crippen LogP contribution in [0.2, 0.25) is 0 Å². The van der Waals surface area contributed by atoms with Gasteiger partial charge in [-0.1, -0.05) is 92.2 Å². The fraction of sp³-hybridized carbons (Fsp3) is 0.412. The minimum absolute atomic E-state index is 0.663. The number of hydrogen-bond donors (Lipinski definition) is 0. The van der Waals surface area contributed by atoms with Gasteiger partial charge in [0.25, 0.3) is 0 Å². The highest BCUT2D eigenvalue weighted by atomic mass is 14.3. The van der Waals surface area contributed by atoms with E-state index < -0.39 is 0 Å². The van der Waals surface area contributed by atoms with E-state index in [1.807, 2.05) is 0 Å². The van der Waals surface area contributed by atoms with E-state index in [0.29, 0.717) is 5.92 Å².